The summed E-state index contributed by atoms with van der Waals surface area (Å²) in [7, 11) is 2.22. The Balaban J connectivity index is 1.20. The van der Waals surface area contributed by atoms with Crippen molar-refractivity contribution in [2.75, 3.05) is 51.2 Å². The topological polar surface area (TPSA) is 52.8 Å². The number of hydrogen-bond donors (Lipinski definition) is 0. The number of anilines is 1. The van der Waals surface area contributed by atoms with Crippen LogP contribution in [0.2, 0.25) is 0 Å². The molecule has 0 bridgehead atoms. The van der Waals surface area contributed by atoms with Crippen molar-refractivity contribution in [1.29, 1.82) is 0 Å². The van der Waals surface area contributed by atoms with Gasteiger partial charge in [0.1, 0.15) is 0 Å². The van der Waals surface area contributed by atoms with E-state index in [1.165, 1.54) is 55.8 Å². The van der Waals surface area contributed by atoms with Gasteiger partial charge < -0.3 is 9.80 Å². The van der Waals surface area contributed by atoms with Gasteiger partial charge in [0.15, 0.2) is 5.65 Å². The minimum atomic E-state index is 0.722. The quantitative estimate of drug-likeness (QED) is 0.655. The third-order valence-corrected chi connectivity index (χ3v) is 7.19. The number of allylic oxidation sites excluding steroid dienone is 1. The summed E-state index contributed by atoms with van der Waals surface area (Å²) in [5.41, 5.74) is 6.65. The van der Waals surface area contributed by atoms with Crippen molar-refractivity contribution in [3.63, 3.8) is 0 Å². The summed E-state index contributed by atoms with van der Waals surface area (Å²) in [5.74, 6) is 0. The highest BCUT2D eigenvalue weighted by atomic mass is 15.3. The second kappa shape index (κ2) is 7.73. The molecule has 3 aromatic heterocycles. The summed E-state index contributed by atoms with van der Waals surface area (Å²) in [5, 5.41) is 4.64. The van der Waals surface area contributed by atoms with E-state index in [0.29, 0.717) is 0 Å². The highest BCUT2D eigenvalue weighted by Gasteiger charge is 2.27. The minimum absolute atomic E-state index is 0.722. The standard InChI is InChI=1S/C24H29N7/c1-28-11-13-30(14-12-28)18-6-9-29(10-7-18)19-15-26-24-22(16-27-31(24)17-19)20-5-8-25-23-4-2-3-21(20)23/h2-3,5,8,15-18H,4,6-7,9-14H2,1H3. The van der Waals surface area contributed by atoms with Crippen molar-refractivity contribution in [1.82, 2.24) is 29.4 Å². The molecule has 2 saturated heterocycles. The lowest BCUT2D eigenvalue weighted by Crippen LogP contribution is -2.52. The maximum Gasteiger partial charge on any atom is 0.162 e. The monoisotopic (exact) mass is 415 g/mol. The molecule has 7 heteroatoms. The lowest BCUT2D eigenvalue weighted by atomic mass is 10.0. The molecule has 5 heterocycles. The molecule has 7 nitrogen and oxygen atoms in total. The van der Waals surface area contributed by atoms with Crippen LogP contribution in [-0.4, -0.2) is 81.7 Å². The van der Waals surface area contributed by atoms with Crippen molar-refractivity contribution in [2.45, 2.75) is 25.3 Å². The number of piperidine rings is 1. The maximum atomic E-state index is 4.83. The fraction of sp³-hybridized carbons (Fsp3) is 0.458. The van der Waals surface area contributed by atoms with Gasteiger partial charge in [0.2, 0.25) is 0 Å². The Morgan fingerprint density at radius 3 is 2.61 bits per heavy atom. The van der Waals surface area contributed by atoms with Crippen LogP contribution in [0.25, 0.3) is 22.9 Å². The van der Waals surface area contributed by atoms with Gasteiger partial charge in [-0.3, -0.25) is 9.88 Å². The highest BCUT2D eigenvalue weighted by Crippen LogP contribution is 2.32. The molecule has 2 fully saturated rings. The Hall–Kier alpha value is -2.77. The van der Waals surface area contributed by atoms with E-state index in [1.54, 1.807) is 0 Å². The van der Waals surface area contributed by atoms with E-state index in [2.05, 4.69) is 56.2 Å². The van der Waals surface area contributed by atoms with Gasteiger partial charge in [-0.15, -0.1) is 0 Å². The molecule has 0 spiro atoms. The van der Waals surface area contributed by atoms with Crippen molar-refractivity contribution in [3.05, 3.63) is 48.2 Å². The summed E-state index contributed by atoms with van der Waals surface area (Å²) in [6.07, 6.45) is 15.7. The summed E-state index contributed by atoms with van der Waals surface area (Å²) >= 11 is 0. The Morgan fingerprint density at radius 1 is 0.935 bits per heavy atom. The number of likely N-dealkylation sites (N-methyl/N-ethyl adjacent to an activating group) is 1. The molecule has 6 rings (SSSR count). The molecular formula is C24H29N7. The van der Waals surface area contributed by atoms with E-state index < -0.39 is 0 Å². The SMILES string of the molecule is CN1CCN(C2CCN(c3cnc4c(-c5ccnc6c5C=CC6)cnn4c3)CC2)CC1. The number of fused-ring (bicyclic) bond motifs is 2. The smallest absolute Gasteiger partial charge is 0.162 e. The molecule has 0 atom stereocenters. The molecule has 2 aliphatic heterocycles. The fourth-order valence-corrected chi connectivity index (χ4v) is 5.28. The van der Waals surface area contributed by atoms with E-state index in [0.717, 1.165) is 42.5 Å². The van der Waals surface area contributed by atoms with Crippen LogP contribution < -0.4 is 4.90 Å². The third kappa shape index (κ3) is 3.42. The highest BCUT2D eigenvalue weighted by molar-refractivity contribution is 5.85. The first-order chi connectivity index (χ1) is 15.3. The molecule has 31 heavy (non-hydrogen) atoms. The molecule has 0 N–H and O–H groups in total. The van der Waals surface area contributed by atoms with Gasteiger partial charge in [-0.05, 0) is 31.5 Å². The van der Waals surface area contributed by atoms with Crippen LogP contribution in [0.4, 0.5) is 5.69 Å². The van der Waals surface area contributed by atoms with E-state index in [-0.39, 0.29) is 0 Å². The Labute approximate surface area is 183 Å². The molecule has 0 radical (unpaired) electrons. The number of aromatic nitrogens is 4. The van der Waals surface area contributed by atoms with E-state index in [1.807, 2.05) is 23.1 Å². The molecule has 0 saturated carbocycles. The zero-order valence-corrected chi connectivity index (χ0v) is 18.1. The molecule has 1 aliphatic carbocycles. The number of pyridine rings is 1. The summed E-state index contributed by atoms with van der Waals surface area (Å²) in [6, 6.07) is 2.80. The first kappa shape index (κ1) is 19.0. The zero-order chi connectivity index (χ0) is 20.8. The van der Waals surface area contributed by atoms with Gasteiger partial charge in [-0.1, -0.05) is 12.2 Å². The van der Waals surface area contributed by atoms with Crippen LogP contribution in [-0.2, 0) is 6.42 Å². The third-order valence-electron chi connectivity index (χ3n) is 7.19. The van der Waals surface area contributed by atoms with Gasteiger partial charge >= 0.3 is 0 Å². The first-order valence-electron chi connectivity index (χ1n) is 11.4. The molecular weight excluding hydrogens is 386 g/mol. The maximum absolute atomic E-state index is 4.83. The van der Waals surface area contributed by atoms with Crippen molar-refractivity contribution in [2.24, 2.45) is 0 Å². The normalized spacial score (nSPS) is 20.6. The van der Waals surface area contributed by atoms with Crippen molar-refractivity contribution in [3.8, 4) is 11.1 Å². The van der Waals surface area contributed by atoms with Gasteiger partial charge in [-0.25, -0.2) is 9.50 Å². The zero-order valence-electron chi connectivity index (χ0n) is 18.1. The van der Waals surface area contributed by atoms with Gasteiger partial charge in [0.05, 0.1) is 30.0 Å². The largest absolute Gasteiger partial charge is 0.369 e. The molecule has 0 unspecified atom stereocenters. The predicted molar refractivity (Wildman–Crippen MR) is 123 cm³/mol. The summed E-state index contributed by atoms with van der Waals surface area (Å²) in [4.78, 5) is 16.9. The number of nitrogens with zero attached hydrogens (tertiary/aromatic N) is 7. The van der Waals surface area contributed by atoms with E-state index in [9.17, 15) is 0 Å². The Bertz CT molecular complexity index is 1120. The van der Waals surface area contributed by atoms with Crippen LogP contribution in [0.15, 0.2) is 36.9 Å². The second-order valence-electron chi connectivity index (χ2n) is 9.02. The second-order valence-corrected chi connectivity index (χ2v) is 9.02. The van der Waals surface area contributed by atoms with Crippen LogP contribution in [0, 0.1) is 0 Å². The van der Waals surface area contributed by atoms with E-state index >= 15 is 0 Å². The minimum Gasteiger partial charge on any atom is -0.369 e. The molecule has 160 valence electrons. The van der Waals surface area contributed by atoms with Crippen LogP contribution in [0.5, 0.6) is 0 Å². The number of piperazine rings is 1. The predicted octanol–water partition coefficient (Wildman–Crippen LogP) is 2.58. The average molecular weight is 416 g/mol. The number of hydrogen-bond acceptors (Lipinski definition) is 6. The van der Waals surface area contributed by atoms with Crippen LogP contribution in [0.3, 0.4) is 0 Å². The van der Waals surface area contributed by atoms with Gasteiger partial charge in [0, 0.05) is 69.1 Å². The van der Waals surface area contributed by atoms with Gasteiger partial charge in [-0.2, -0.15) is 5.10 Å². The number of rotatable bonds is 3. The Morgan fingerprint density at radius 2 is 1.77 bits per heavy atom. The molecule has 0 aromatic carbocycles. The summed E-state index contributed by atoms with van der Waals surface area (Å²) in [6.45, 7) is 6.97. The first-order valence-corrected chi connectivity index (χ1v) is 11.4. The fourth-order valence-electron chi connectivity index (χ4n) is 5.28. The Kier molecular flexibility index (Phi) is 4.73. The van der Waals surface area contributed by atoms with Crippen molar-refractivity contribution < 1.29 is 0 Å². The summed E-state index contributed by atoms with van der Waals surface area (Å²) < 4.78 is 1.93. The van der Waals surface area contributed by atoms with Crippen LogP contribution in [0.1, 0.15) is 24.1 Å². The lowest BCUT2D eigenvalue weighted by Gasteiger charge is -2.42. The van der Waals surface area contributed by atoms with Gasteiger partial charge in [0.25, 0.3) is 0 Å². The van der Waals surface area contributed by atoms with Crippen molar-refractivity contribution >= 4 is 17.4 Å². The molecule has 0 amide bonds. The molecule has 3 aliphatic rings. The molecule has 3 aromatic rings. The van der Waals surface area contributed by atoms with E-state index in [4.69, 9.17) is 4.98 Å². The lowest BCUT2D eigenvalue weighted by molar-refractivity contribution is 0.0982. The van der Waals surface area contributed by atoms with Crippen LogP contribution >= 0.6 is 0 Å². The average Bonchev–Trinajstić information content (AvgIpc) is 3.46.